The first-order chi connectivity index (χ1) is 12.9. The van der Waals surface area contributed by atoms with Gasteiger partial charge in [0.05, 0.1) is 4.75 Å². The van der Waals surface area contributed by atoms with Crippen molar-refractivity contribution in [3.05, 3.63) is 34.9 Å². The number of amides is 2. The van der Waals surface area contributed by atoms with E-state index >= 15 is 0 Å². The Morgan fingerprint density at radius 3 is 2.74 bits per heavy atom. The summed E-state index contributed by atoms with van der Waals surface area (Å²) in [7, 11) is 0. The molecule has 8 heteroatoms. The van der Waals surface area contributed by atoms with Crippen LogP contribution in [-0.4, -0.2) is 40.4 Å². The van der Waals surface area contributed by atoms with Crippen LogP contribution >= 0.6 is 23.4 Å². The lowest BCUT2D eigenvalue weighted by Crippen LogP contribution is -2.56. The Bertz CT molecular complexity index is 736. The van der Waals surface area contributed by atoms with Gasteiger partial charge in [-0.1, -0.05) is 42.6 Å². The maximum absolute atomic E-state index is 12.4. The standard InChI is InChI=1S/C19H23ClN2O4S/c1-12(16(23)21-10-13-6-2-3-7-14(13)20)26-17(24)15-11-27-19(18(25)22-15)8-4-5-9-19/h2-3,6-7,12,15H,4-5,8-11H2,1H3,(H,21,23)(H,22,25)/t12-,15-/m0/s1. The fourth-order valence-corrected chi connectivity index (χ4v) is 5.04. The number of nitrogens with one attached hydrogen (secondary N) is 2. The minimum absolute atomic E-state index is 0.0889. The predicted octanol–water partition coefficient (Wildman–Crippen LogP) is 2.43. The molecule has 146 valence electrons. The molecule has 6 nitrogen and oxygen atoms in total. The van der Waals surface area contributed by atoms with Crippen molar-refractivity contribution in [1.29, 1.82) is 0 Å². The van der Waals surface area contributed by atoms with Crippen molar-refractivity contribution in [3.63, 3.8) is 0 Å². The monoisotopic (exact) mass is 410 g/mol. The van der Waals surface area contributed by atoms with Crippen LogP contribution < -0.4 is 10.6 Å². The average molecular weight is 411 g/mol. The zero-order valence-electron chi connectivity index (χ0n) is 15.1. The van der Waals surface area contributed by atoms with E-state index in [1.165, 1.54) is 18.7 Å². The topological polar surface area (TPSA) is 84.5 Å². The number of ether oxygens (including phenoxy) is 1. The van der Waals surface area contributed by atoms with E-state index in [4.69, 9.17) is 16.3 Å². The number of benzene rings is 1. The smallest absolute Gasteiger partial charge is 0.330 e. The number of hydrogen-bond acceptors (Lipinski definition) is 5. The van der Waals surface area contributed by atoms with Crippen LogP contribution in [0.5, 0.6) is 0 Å². The van der Waals surface area contributed by atoms with E-state index in [2.05, 4.69) is 10.6 Å². The van der Waals surface area contributed by atoms with E-state index < -0.39 is 24.0 Å². The van der Waals surface area contributed by atoms with Gasteiger partial charge < -0.3 is 15.4 Å². The Morgan fingerprint density at radius 1 is 1.37 bits per heavy atom. The largest absolute Gasteiger partial charge is 0.451 e. The van der Waals surface area contributed by atoms with Crippen molar-refractivity contribution >= 4 is 41.1 Å². The number of carbonyl (C=O) groups is 3. The normalized spacial score (nSPS) is 22.1. The molecule has 1 saturated heterocycles. The number of rotatable bonds is 5. The molecule has 1 aliphatic carbocycles. The summed E-state index contributed by atoms with van der Waals surface area (Å²) in [6, 6.07) is 6.48. The number of esters is 1. The first-order valence-electron chi connectivity index (χ1n) is 9.08. The molecule has 2 aliphatic rings. The van der Waals surface area contributed by atoms with Crippen molar-refractivity contribution < 1.29 is 19.1 Å². The van der Waals surface area contributed by atoms with Gasteiger partial charge in [0.1, 0.15) is 6.04 Å². The van der Waals surface area contributed by atoms with E-state index in [0.717, 1.165) is 31.2 Å². The highest BCUT2D eigenvalue weighted by Crippen LogP contribution is 2.44. The third-order valence-corrected chi connectivity index (χ3v) is 7.03. The SMILES string of the molecule is C[C@H](OC(=O)[C@@H]1CSC2(CCCC2)C(=O)N1)C(=O)NCc1ccccc1Cl. The molecular weight excluding hydrogens is 388 g/mol. The summed E-state index contributed by atoms with van der Waals surface area (Å²) in [5, 5.41) is 6.04. The maximum atomic E-state index is 12.4. The van der Waals surface area contributed by atoms with Gasteiger partial charge in [-0.2, -0.15) is 0 Å². The molecule has 1 spiro atoms. The lowest BCUT2D eigenvalue weighted by molar-refractivity contribution is -0.157. The van der Waals surface area contributed by atoms with Crippen molar-refractivity contribution in [2.24, 2.45) is 0 Å². The average Bonchev–Trinajstić information content (AvgIpc) is 3.12. The molecule has 2 fully saturated rings. The summed E-state index contributed by atoms with van der Waals surface area (Å²) in [6.07, 6.45) is 2.83. The zero-order chi connectivity index (χ0) is 19.4. The van der Waals surface area contributed by atoms with E-state index in [0.29, 0.717) is 10.8 Å². The molecule has 0 aromatic heterocycles. The van der Waals surface area contributed by atoms with Crippen molar-refractivity contribution in [2.45, 2.75) is 56.0 Å². The molecule has 2 amide bonds. The first kappa shape index (κ1) is 20.0. The third kappa shape index (κ3) is 4.58. The van der Waals surface area contributed by atoms with E-state index in [1.807, 2.05) is 18.2 Å². The molecule has 0 bridgehead atoms. The molecular formula is C19H23ClN2O4S. The Hall–Kier alpha value is -1.73. The van der Waals surface area contributed by atoms with Gasteiger partial charge in [-0.3, -0.25) is 9.59 Å². The summed E-state index contributed by atoms with van der Waals surface area (Å²) in [5.74, 6) is -0.609. The van der Waals surface area contributed by atoms with Crippen LogP contribution in [0.2, 0.25) is 5.02 Å². The number of thioether (sulfide) groups is 1. The second kappa shape index (κ2) is 8.52. The van der Waals surface area contributed by atoms with Crippen LogP contribution in [-0.2, 0) is 25.7 Å². The molecule has 1 aromatic carbocycles. The molecule has 0 unspecified atom stereocenters. The lowest BCUT2D eigenvalue weighted by Gasteiger charge is -2.35. The molecule has 2 atom stereocenters. The number of carbonyl (C=O) groups excluding carboxylic acids is 3. The van der Waals surface area contributed by atoms with Crippen LogP contribution in [0.4, 0.5) is 0 Å². The van der Waals surface area contributed by atoms with Crippen LogP contribution in [0.25, 0.3) is 0 Å². The molecule has 1 aromatic rings. The van der Waals surface area contributed by atoms with Crippen molar-refractivity contribution in [1.82, 2.24) is 10.6 Å². The maximum Gasteiger partial charge on any atom is 0.330 e. The molecule has 3 rings (SSSR count). The summed E-state index contributed by atoms with van der Waals surface area (Å²) in [6.45, 7) is 1.76. The first-order valence-corrected chi connectivity index (χ1v) is 10.4. The molecule has 2 N–H and O–H groups in total. The van der Waals surface area contributed by atoms with Gasteiger partial charge in [0.2, 0.25) is 5.91 Å². The molecule has 1 heterocycles. The Morgan fingerprint density at radius 2 is 2.07 bits per heavy atom. The van der Waals surface area contributed by atoms with Gasteiger partial charge in [-0.05, 0) is 31.4 Å². The van der Waals surface area contributed by atoms with Crippen LogP contribution in [0.15, 0.2) is 24.3 Å². The highest BCUT2D eigenvalue weighted by atomic mass is 35.5. The molecule has 0 radical (unpaired) electrons. The second-order valence-electron chi connectivity index (χ2n) is 6.93. The minimum atomic E-state index is -0.954. The summed E-state index contributed by atoms with van der Waals surface area (Å²) in [5.41, 5.74) is 0.781. The Balaban J connectivity index is 1.48. The second-order valence-corrected chi connectivity index (χ2v) is 8.74. The highest BCUT2D eigenvalue weighted by molar-refractivity contribution is 8.01. The summed E-state index contributed by atoms with van der Waals surface area (Å²) < 4.78 is 4.88. The van der Waals surface area contributed by atoms with Gasteiger partial charge in [-0.25, -0.2) is 4.79 Å². The van der Waals surface area contributed by atoms with Crippen molar-refractivity contribution in [2.75, 3.05) is 5.75 Å². The fourth-order valence-electron chi connectivity index (χ4n) is 3.36. The van der Waals surface area contributed by atoms with Crippen LogP contribution in [0.1, 0.15) is 38.2 Å². The zero-order valence-corrected chi connectivity index (χ0v) is 16.7. The van der Waals surface area contributed by atoms with Gasteiger partial charge in [0, 0.05) is 17.3 Å². The Kier molecular flexibility index (Phi) is 6.32. The summed E-state index contributed by atoms with van der Waals surface area (Å²) in [4.78, 5) is 36.9. The van der Waals surface area contributed by atoms with Crippen LogP contribution in [0, 0.1) is 0 Å². The number of hydrogen-bond donors (Lipinski definition) is 2. The van der Waals surface area contributed by atoms with Gasteiger partial charge >= 0.3 is 5.97 Å². The molecule has 27 heavy (non-hydrogen) atoms. The Labute approximate surface area is 167 Å². The quantitative estimate of drug-likeness (QED) is 0.728. The van der Waals surface area contributed by atoms with Gasteiger partial charge in [0.25, 0.3) is 5.91 Å². The highest BCUT2D eigenvalue weighted by Gasteiger charge is 2.47. The predicted molar refractivity (Wildman–Crippen MR) is 104 cm³/mol. The summed E-state index contributed by atoms with van der Waals surface area (Å²) >= 11 is 7.59. The fraction of sp³-hybridized carbons (Fsp3) is 0.526. The van der Waals surface area contributed by atoms with E-state index in [1.54, 1.807) is 6.07 Å². The van der Waals surface area contributed by atoms with Crippen molar-refractivity contribution in [3.8, 4) is 0 Å². The van der Waals surface area contributed by atoms with E-state index in [-0.39, 0.29) is 17.2 Å². The van der Waals surface area contributed by atoms with Gasteiger partial charge in [-0.15, -0.1) is 11.8 Å². The van der Waals surface area contributed by atoms with Gasteiger partial charge in [0.15, 0.2) is 6.10 Å². The minimum Gasteiger partial charge on any atom is -0.451 e. The van der Waals surface area contributed by atoms with E-state index in [9.17, 15) is 14.4 Å². The number of halogens is 1. The molecule has 1 aliphatic heterocycles. The molecule has 1 saturated carbocycles. The lowest BCUT2D eigenvalue weighted by atomic mass is 10.1. The third-order valence-electron chi connectivity index (χ3n) is 5.01. The van der Waals surface area contributed by atoms with Crippen LogP contribution in [0.3, 0.4) is 0 Å².